The number of imidazole rings is 1. The summed E-state index contributed by atoms with van der Waals surface area (Å²) < 4.78 is 62.5. The molecule has 1 N–H and O–H groups in total. The molecule has 3 heterocycles. The van der Waals surface area contributed by atoms with Crippen LogP contribution in [0.15, 0.2) is 43.0 Å². The van der Waals surface area contributed by atoms with Crippen LogP contribution in [-0.2, 0) is 12.7 Å². The fraction of sp³-hybridized carbons (Fsp3) is 0.321. The average Bonchev–Trinajstić information content (AvgIpc) is 3.68. The summed E-state index contributed by atoms with van der Waals surface area (Å²) in [5.41, 5.74) is 1.21. The Morgan fingerprint density at radius 3 is 2.48 bits per heavy atom. The number of nitrogens with zero attached hydrogens (tertiary/aromatic N) is 5. The smallest absolute Gasteiger partial charge is 0.434 e. The zero-order chi connectivity index (χ0) is 28.6. The van der Waals surface area contributed by atoms with Gasteiger partial charge in [0.25, 0.3) is 0 Å². The first-order valence-corrected chi connectivity index (χ1v) is 12.6. The minimum atomic E-state index is -4.56. The van der Waals surface area contributed by atoms with E-state index in [4.69, 9.17) is 4.74 Å². The minimum absolute atomic E-state index is 0.0243. The molecule has 40 heavy (non-hydrogen) atoms. The first kappa shape index (κ1) is 27.2. The van der Waals surface area contributed by atoms with Gasteiger partial charge in [0.15, 0.2) is 17.8 Å². The molecule has 0 saturated heterocycles. The highest BCUT2D eigenvalue weighted by molar-refractivity contribution is 5.86. The van der Waals surface area contributed by atoms with Gasteiger partial charge in [0.05, 0.1) is 29.6 Å². The van der Waals surface area contributed by atoms with Crippen molar-refractivity contribution in [1.29, 1.82) is 0 Å². The van der Waals surface area contributed by atoms with Gasteiger partial charge in [-0.2, -0.15) is 13.2 Å². The first-order chi connectivity index (χ1) is 19.1. The standard InChI is InChI=1S/C28H26F4N6O2/c1-15(2)38-12-20(28(30,31)32)37-26(38)18-6-4-16(5-7-18)10-33-24-19(13-39)11-34-25(22(24)29)21-23(17-8-9-17)35-14-36-27(21)40-3/h4-7,11-15,17H,8-10H2,1-3H3,(H,33,34). The molecule has 1 aliphatic rings. The summed E-state index contributed by atoms with van der Waals surface area (Å²) in [6, 6.07) is 6.48. The Balaban J connectivity index is 1.43. The molecule has 0 atom stereocenters. The van der Waals surface area contributed by atoms with Crippen molar-refractivity contribution in [3.05, 3.63) is 71.3 Å². The summed E-state index contributed by atoms with van der Waals surface area (Å²) in [4.78, 5) is 28.2. The molecule has 1 fully saturated rings. The van der Waals surface area contributed by atoms with Crippen LogP contribution in [0, 0.1) is 5.82 Å². The lowest BCUT2D eigenvalue weighted by Crippen LogP contribution is -2.09. The van der Waals surface area contributed by atoms with Crippen LogP contribution in [0.1, 0.15) is 66.0 Å². The van der Waals surface area contributed by atoms with Crippen LogP contribution >= 0.6 is 0 Å². The minimum Gasteiger partial charge on any atom is -0.480 e. The highest BCUT2D eigenvalue weighted by atomic mass is 19.4. The third-order valence-corrected chi connectivity index (χ3v) is 6.67. The van der Waals surface area contributed by atoms with Crippen molar-refractivity contribution in [2.24, 2.45) is 0 Å². The molecular weight excluding hydrogens is 528 g/mol. The molecule has 1 aliphatic carbocycles. The van der Waals surface area contributed by atoms with Gasteiger partial charge < -0.3 is 14.6 Å². The Morgan fingerprint density at radius 1 is 1.15 bits per heavy atom. The number of aromatic nitrogens is 5. The molecule has 0 bridgehead atoms. The van der Waals surface area contributed by atoms with Crippen molar-refractivity contribution in [2.75, 3.05) is 12.4 Å². The van der Waals surface area contributed by atoms with E-state index in [1.54, 1.807) is 38.1 Å². The summed E-state index contributed by atoms with van der Waals surface area (Å²) >= 11 is 0. The fourth-order valence-corrected chi connectivity index (χ4v) is 4.47. The number of alkyl halides is 3. The predicted molar refractivity (Wildman–Crippen MR) is 140 cm³/mol. The van der Waals surface area contributed by atoms with Crippen LogP contribution in [0.2, 0.25) is 0 Å². The van der Waals surface area contributed by atoms with Crippen molar-refractivity contribution in [2.45, 2.75) is 51.4 Å². The van der Waals surface area contributed by atoms with Crippen molar-refractivity contribution >= 4 is 12.0 Å². The summed E-state index contributed by atoms with van der Waals surface area (Å²) in [5, 5.41) is 2.98. The second kappa shape index (κ2) is 10.7. The topological polar surface area (TPSA) is 94.8 Å². The van der Waals surface area contributed by atoms with Gasteiger partial charge in [-0.25, -0.2) is 19.3 Å². The maximum absolute atomic E-state index is 15.9. The Labute approximate surface area is 227 Å². The highest BCUT2D eigenvalue weighted by Crippen LogP contribution is 2.46. The molecule has 1 aromatic carbocycles. The maximum atomic E-state index is 15.9. The van der Waals surface area contributed by atoms with Gasteiger partial charge in [0.1, 0.15) is 17.8 Å². The summed E-state index contributed by atoms with van der Waals surface area (Å²) in [6.45, 7) is 3.68. The molecule has 0 radical (unpaired) electrons. The number of benzene rings is 1. The van der Waals surface area contributed by atoms with Gasteiger partial charge >= 0.3 is 6.18 Å². The summed E-state index contributed by atoms with van der Waals surface area (Å²) in [5.74, 6) is -0.195. The lowest BCUT2D eigenvalue weighted by Gasteiger charge is -2.16. The second-order valence-corrected chi connectivity index (χ2v) is 9.79. The number of hydrogen-bond acceptors (Lipinski definition) is 7. The van der Waals surface area contributed by atoms with E-state index in [1.165, 1.54) is 24.2 Å². The molecule has 0 aliphatic heterocycles. The lowest BCUT2D eigenvalue weighted by molar-refractivity contribution is -0.140. The molecule has 4 aromatic rings. The number of aldehydes is 1. The number of carbonyl (C=O) groups excluding carboxylic acids is 1. The van der Waals surface area contributed by atoms with Gasteiger partial charge in [-0.15, -0.1) is 0 Å². The molecule has 8 nitrogen and oxygen atoms in total. The van der Waals surface area contributed by atoms with Gasteiger partial charge in [0.2, 0.25) is 5.88 Å². The Hall–Kier alpha value is -4.35. The number of ether oxygens (including phenoxy) is 1. The van der Waals surface area contributed by atoms with E-state index >= 15 is 4.39 Å². The third-order valence-electron chi connectivity index (χ3n) is 6.67. The molecule has 0 unspecified atom stereocenters. The highest BCUT2D eigenvalue weighted by Gasteiger charge is 2.35. The van der Waals surface area contributed by atoms with E-state index < -0.39 is 17.7 Å². The van der Waals surface area contributed by atoms with Gasteiger partial charge in [-0.05, 0) is 32.3 Å². The molecular formula is C28H26F4N6O2. The number of rotatable bonds is 9. The van der Waals surface area contributed by atoms with Crippen molar-refractivity contribution in [1.82, 2.24) is 24.5 Å². The van der Waals surface area contributed by atoms with Crippen LogP contribution in [0.3, 0.4) is 0 Å². The summed E-state index contributed by atoms with van der Waals surface area (Å²) in [7, 11) is 1.43. The zero-order valence-corrected chi connectivity index (χ0v) is 22.0. The number of anilines is 1. The van der Waals surface area contributed by atoms with E-state index in [2.05, 4.69) is 25.3 Å². The van der Waals surface area contributed by atoms with E-state index in [0.29, 0.717) is 28.7 Å². The molecule has 208 valence electrons. The quantitative estimate of drug-likeness (QED) is 0.188. The Morgan fingerprint density at radius 2 is 1.88 bits per heavy atom. The zero-order valence-electron chi connectivity index (χ0n) is 22.0. The maximum Gasteiger partial charge on any atom is 0.434 e. The molecule has 5 rings (SSSR count). The third kappa shape index (κ3) is 5.25. The van der Waals surface area contributed by atoms with Gasteiger partial charge in [0, 0.05) is 36.5 Å². The van der Waals surface area contributed by atoms with Crippen LogP contribution in [-0.4, -0.2) is 37.9 Å². The molecule has 0 spiro atoms. The first-order valence-electron chi connectivity index (χ1n) is 12.6. The number of hydrogen-bond donors (Lipinski definition) is 1. The van der Waals surface area contributed by atoms with E-state index in [0.717, 1.165) is 19.0 Å². The van der Waals surface area contributed by atoms with Gasteiger partial charge in [-0.3, -0.25) is 9.78 Å². The molecule has 12 heteroatoms. The van der Waals surface area contributed by atoms with Crippen LogP contribution in [0.5, 0.6) is 5.88 Å². The van der Waals surface area contributed by atoms with E-state index in [9.17, 15) is 18.0 Å². The monoisotopic (exact) mass is 554 g/mol. The average molecular weight is 555 g/mol. The lowest BCUT2D eigenvalue weighted by atomic mass is 10.0. The van der Waals surface area contributed by atoms with E-state index in [-0.39, 0.29) is 47.2 Å². The predicted octanol–water partition coefficient (Wildman–Crippen LogP) is 6.45. The number of methoxy groups -OCH3 is 1. The largest absolute Gasteiger partial charge is 0.480 e. The van der Waals surface area contributed by atoms with Crippen LogP contribution in [0.25, 0.3) is 22.6 Å². The van der Waals surface area contributed by atoms with E-state index in [1.807, 2.05) is 0 Å². The Bertz CT molecular complexity index is 1550. The number of carbonyl (C=O) groups is 1. The molecule has 3 aromatic heterocycles. The van der Waals surface area contributed by atoms with Crippen LogP contribution in [0.4, 0.5) is 23.2 Å². The Kier molecular flexibility index (Phi) is 7.26. The van der Waals surface area contributed by atoms with Crippen molar-refractivity contribution < 1.29 is 27.1 Å². The summed E-state index contributed by atoms with van der Waals surface area (Å²) in [6.07, 6.45) is 1.43. The van der Waals surface area contributed by atoms with Gasteiger partial charge in [-0.1, -0.05) is 24.3 Å². The number of pyridine rings is 1. The fourth-order valence-electron chi connectivity index (χ4n) is 4.47. The molecule has 0 amide bonds. The van der Waals surface area contributed by atoms with Crippen molar-refractivity contribution in [3.8, 4) is 28.5 Å². The number of nitrogens with one attached hydrogen (secondary N) is 1. The molecule has 1 saturated carbocycles. The SMILES string of the molecule is COc1ncnc(C2CC2)c1-c1ncc(C=O)c(NCc2ccc(-c3nc(C(F)(F)F)cn3C(C)C)cc2)c1F. The second-order valence-electron chi connectivity index (χ2n) is 9.79. The normalized spacial score (nSPS) is 13.5. The van der Waals surface area contributed by atoms with Crippen LogP contribution < -0.4 is 10.1 Å². The van der Waals surface area contributed by atoms with Crippen molar-refractivity contribution in [3.63, 3.8) is 0 Å². The number of halogens is 4.